The summed E-state index contributed by atoms with van der Waals surface area (Å²) in [4.78, 5) is 0. The molecular formula is C15H22N4. The van der Waals surface area contributed by atoms with Crippen molar-refractivity contribution in [1.82, 2.24) is 14.8 Å². The Bertz CT molecular complexity index is 516. The molecule has 0 aliphatic heterocycles. The first-order chi connectivity index (χ1) is 9.09. The van der Waals surface area contributed by atoms with Gasteiger partial charge < -0.3 is 10.3 Å². The maximum absolute atomic E-state index is 6.27. The number of aryl methyl sites for hydroxylation is 2. The molecule has 0 bridgehead atoms. The van der Waals surface area contributed by atoms with Crippen LogP contribution >= 0.6 is 0 Å². The summed E-state index contributed by atoms with van der Waals surface area (Å²) in [5.41, 5.74) is 7.58. The summed E-state index contributed by atoms with van der Waals surface area (Å²) in [5.74, 6) is 1.82. The summed E-state index contributed by atoms with van der Waals surface area (Å²) in [5, 5.41) is 8.38. The van der Waals surface area contributed by atoms with Gasteiger partial charge in [0.05, 0.1) is 6.04 Å². The van der Waals surface area contributed by atoms with Crippen molar-refractivity contribution in [3.63, 3.8) is 0 Å². The zero-order chi connectivity index (χ0) is 13.8. The van der Waals surface area contributed by atoms with Gasteiger partial charge in [0.1, 0.15) is 11.6 Å². The first-order valence-electron chi connectivity index (χ1n) is 6.80. The third kappa shape index (κ3) is 3.20. The molecule has 0 unspecified atom stereocenters. The quantitative estimate of drug-likeness (QED) is 0.897. The maximum Gasteiger partial charge on any atom is 0.150 e. The molecule has 102 valence electrons. The van der Waals surface area contributed by atoms with Gasteiger partial charge >= 0.3 is 0 Å². The van der Waals surface area contributed by atoms with E-state index in [0.717, 1.165) is 24.5 Å². The van der Waals surface area contributed by atoms with Crippen molar-refractivity contribution in [2.75, 3.05) is 0 Å². The van der Waals surface area contributed by atoms with Gasteiger partial charge in [-0.3, -0.25) is 0 Å². The molecule has 4 nitrogen and oxygen atoms in total. The normalized spacial score (nSPS) is 12.9. The molecule has 4 heteroatoms. The highest BCUT2D eigenvalue weighted by molar-refractivity contribution is 5.15. The molecule has 2 rings (SSSR count). The van der Waals surface area contributed by atoms with Crippen LogP contribution in [0.4, 0.5) is 0 Å². The predicted octanol–water partition coefficient (Wildman–Crippen LogP) is 2.80. The average molecular weight is 258 g/mol. The Morgan fingerprint density at radius 2 is 1.84 bits per heavy atom. The second-order valence-corrected chi connectivity index (χ2v) is 5.20. The van der Waals surface area contributed by atoms with Gasteiger partial charge in [-0.15, -0.1) is 10.2 Å². The highest BCUT2D eigenvalue weighted by Gasteiger charge is 2.17. The van der Waals surface area contributed by atoms with Gasteiger partial charge in [0.25, 0.3) is 0 Å². The molecule has 1 aromatic heterocycles. The summed E-state index contributed by atoms with van der Waals surface area (Å²) < 4.78 is 2.12. The monoisotopic (exact) mass is 258 g/mol. The van der Waals surface area contributed by atoms with Crippen LogP contribution < -0.4 is 5.73 Å². The molecule has 0 radical (unpaired) electrons. The Hall–Kier alpha value is -1.68. The minimum Gasteiger partial charge on any atom is -0.321 e. The van der Waals surface area contributed by atoms with E-state index >= 15 is 0 Å². The topological polar surface area (TPSA) is 56.7 Å². The fourth-order valence-electron chi connectivity index (χ4n) is 2.37. The van der Waals surface area contributed by atoms with Crippen molar-refractivity contribution in [3.8, 4) is 0 Å². The molecule has 19 heavy (non-hydrogen) atoms. The fourth-order valence-corrected chi connectivity index (χ4v) is 2.37. The number of aromatic nitrogens is 3. The van der Waals surface area contributed by atoms with Crippen molar-refractivity contribution < 1.29 is 0 Å². The molecule has 1 aromatic carbocycles. The highest BCUT2D eigenvalue weighted by atomic mass is 15.3. The van der Waals surface area contributed by atoms with Crippen molar-refractivity contribution in [3.05, 3.63) is 47.5 Å². The van der Waals surface area contributed by atoms with Crippen LogP contribution in [-0.4, -0.2) is 14.8 Å². The summed E-state index contributed by atoms with van der Waals surface area (Å²) in [6.45, 7) is 6.23. The van der Waals surface area contributed by atoms with Crippen LogP contribution in [0.1, 0.15) is 49.6 Å². The van der Waals surface area contributed by atoms with E-state index < -0.39 is 0 Å². The van der Waals surface area contributed by atoms with E-state index in [0.29, 0.717) is 6.04 Å². The van der Waals surface area contributed by atoms with Crippen molar-refractivity contribution in [1.29, 1.82) is 0 Å². The van der Waals surface area contributed by atoms with Crippen LogP contribution in [0.25, 0.3) is 0 Å². The number of hydrogen-bond acceptors (Lipinski definition) is 3. The van der Waals surface area contributed by atoms with Gasteiger partial charge in [0, 0.05) is 6.04 Å². The Kier molecular flexibility index (Phi) is 4.32. The third-order valence-electron chi connectivity index (χ3n) is 3.33. The molecule has 2 aromatic rings. The number of nitrogens with two attached hydrogens (primary N) is 1. The third-order valence-corrected chi connectivity index (χ3v) is 3.33. The number of rotatable bonds is 5. The predicted molar refractivity (Wildman–Crippen MR) is 76.8 cm³/mol. The van der Waals surface area contributed by atoms with E-state index in [4.69, 9.17) is 5.73 Å². The van der Waals surface area contributed by atoms with Gasteiger partial charge in [0.2, 0.25) is 0 Å². The van der Waals surface area contributed by atoms with Crippen LogP contribution in [0, 0.1) is 6.92 Å². The Labute approximate surface area is 114 Å². The largest absolute Gasteiger partial charge is 0.321 e. The molecule has 0 aliphatic carbocycles. The molecule has 1 atom stereocenters. The van der Waals surface area contributed by atoms with Crippen LogP contribution in [0.15, 0.2) is 30.3 Å². The van der Waals surface area contributed by atoms with Gasteiger partial charge in [-0.2, -0.15) is 0 Å². The van der Waals surface area contributed by atoms with E-state index in [1.54, 1.807) is 0 Å². The summed E-state index contributed by atoms with van der Waals surface area (Å²) in [6.07, 6.45) is 1.85. The average Bonchev–Trinajstić information content (AvgIpc) is 2.79. The lowest BCUT2D eigenvalue weighted by molar-refractivity contribution is 0.505. The van der Waals surface area contributed by atoms with Crippen LogP contribution in [0.5, 0.6) is 0 Å². The van der Waals surface area contributed by atoms with E-state index in [1.807, 2.05) is 13.0 Å². The van der Waals surface area contributed by atoms with E-state index in [-0.39, 0.29) is 6.04 Å². The molecule has 0 aliphatic rings. The second-order valence-electron chi connectivity index (χ2n) is 5.20. The minimum absolute atomic E-state index is 0.0659. The molecule has 1 heterocycles. The zero-order valence-corrected chi connectivity index (χ0v) is 11.9. The molecule has 2 N–H and O–H groups in total. The van der Waals surface area contributed by atoms with Gasteiger partial charge in [0.15, 0.2) is 0 Å². The summed E-state index contributed by atoms with van der Waals surface area (Å²) >= 11 is 0. The van der Waals surface area contributed by atoms with Crippen LogP contribution in [-0.2, 0) is 6.42 Å². The van der Waals surface area contributed by atoms with Crippen molar-refractivity contribution >= 4 is 0 Å². The molecule has 0 saturated carbocycles. The van der Waals surface area contributed by atoms with Crippen molar-refractivity contribution in [2.24, 2.45) is 5.73 Å². The lowest BCUT2D eigenvalue weighted by Crippen LogP contribution is -2.19. The SMILES string of the molecule is Cc1nnc([C@@H](N)CCc2ccccc2)n1C(C)C. The lowest BCUT2D eigenvalue weighted by Gasteiger charge is -2.16. The van der Waals surface area contributed by atoms with E-state index in [1.165, 1.54) is 5.56 Å². The first-order valence-corrected chi connectivity index (χ1v) is 6.80. The second kappa shape index (κ2) is 5.97. The zero-order valence-electron chi connectivity index (χ0n) is 11.9. The molecule has 0 spiro atoms. The van der Waals surface area contributed by atoms with E-state index in [2.05, 4.69) is 52.9 Å². The Balaban J connectivity index is 2.06. The fraction of sp³-hybridized carbons (Fsp3) is 0.467. The smallest absolute Gasteiger partial charge is 0.150 e. The molecule has 0 amide bonds. The molecular weight excluding hydrogens is 236 g/mol. The standard InChI is InChI=1S/C15H22N4/c1-11(2)19-12(3)17-18-15(19)14(16)10-9-13-7-5-4-6-8-13/h4-8,11,14H,9-10,16H2,1-3H3/t14-/m0/s1. The van der Waals surface area contributed by atoms with Crippen LogP contribution in [0.2, 0.25) is 0 Å². The van der Waals surface area contributed by atoms with E-state index in [9.17, 15) is 0 Å². The number of hydrogen-bond donors (Lipinski definition) is 1. The maximum atomic E-state index is 6.27. The van der Waals surface area contributed by atoms with Crippen molar-refractivity contribution in [2.45, 2.75) is 45.7 Å². The molecule has 0 saturated heterocycles. The Morgan fingerprint density at radius 1 is 1.16 bits per heavy atom. The number of benzene rings is 1. The van der Waals surface area contributed by atoms with Gasteiger partial charge in [-0.1, -0.05) is 30.3 Å². The minimum atomic E-state index is -0.0659. The lowest BCUT2D eigenvalue weighted by atomic mass is 10.1. The summed E-state index contributed by atoms with van der Waals surface area (Å²) in [7, 11) is 0. The Morgan fingerprint density at radius 3 is 2.47 bits per heavy atom. The molecule has 0 fully saturated rings. The number of nitrogens with zero attached hydrogens (tertiary/aromatic N) is 3. The summed E-state index contributed by atoms with van der Waals surface area (Å²) in [6, 6.07) is 10.7. The van der Waals surface area contributed by atoms with Crippen LogP contribution in [0.3, 0.4) is 0 Å². The first kappa shape index (κ1) is 13.7. The highest BCUT2D eigenvalue weighted by Crippen LogP contribution is 2.19. The van der Waals surface area contributed by atoms with Gasteiger partial charge in [-0.05, 0) is 39.2 Å². The van der Waals surface area contributed by atoms with Gasteiger partial charge in [-0.25, -0.2) is 0 Å².